The lowest BCUT2D eigenvalue weighted by Gasteiger charge is -2.26. The highest BCUT2D eigenvalue weighted by Gasteiger charge is 2.34. The number of aliphatic hydroxyl groups excluding tert-OH is 1. The third kappa shape index (κ3) is 5.34. The molecule has 0 fully saturated rings. The highest BCUT2D eigenvalue weighted by molar-refractivity contribution is 6.00. The van der Waals surface area contributed by atoms with E-state index in [9.17, 15) is 13.6 Å². The molecule has 2 aromatic carbocycles. The van der Waals surface area contributed by atoms with Gasteiger partial charge >= 0.3 is 0 Å². The van der Waals surface area contributed by atoms with Crippen LogP contribution in [0.3, 0.4) is 0 Å². The van der Waals surface area contributed by atoms with Gasteiger partial charge in [0.25, 0.3) is 5.91 Å². The first-order valence-electron chi connectivity index (χ1n) is 12.2. The van der Waals surface area contributed by atoms with Crippen LogP contribution in [0, 0.1) is 17.5 Å². The molecule has 0 radical (unpaired) electrons. The van der Waals surface area contributed by atoms with E-state index < -0.39 is 48.0 Å². The zero-order valence-corrected chi connectivity index (χ0v) is 21.5. The van der Waals surface area contributed by atoms with Crippen LogP contribution in [0.2, 0.25) is 0 Å². The van der Waals surface area contributed by atoms with Crippen LogP contribution in [0.1, 0.15) is 15.9 Å². The summed E-state index contributed by atoms with van der Waals surface area (Å²) in [6.07, 6.45) is 2.82. The highest BCUT2D eigenvalue weighted by Crippen LogP contribution is 2.39. The van der Waals surface area contributed by atoms with Crippen molar-refractivity contribution in [2.75, 3.05) is 33.9 Å². The van der Waals surface area contributed by atoms with Crippen molar-refractivity contribution in [3.8, 4) is 22.6 Å². The molecule has 8 nitrogen and oxygen atoms in total. The van der Waals surface area contributed by atoms with Gasteiger partial charge in [0.05, 0.1) is 18.5 Å². The lowest BCUT2D eigenvalue weighted by Crippen LogP contribution is -2.42. The zero-order valence-electron chi connectivity index (χ0n) is 21.5. The predicted octanol–water partition coefficient (Wildman–Crippen LogP) is 4.81. The minimum Gasteiger partial charge on any atom is -0.477 e. The van der Waals surface area contributed by atoms with Crippen molar-refractivity contribution in [1.82, 2.24) is 14.9 Å². The van der Waals surface area contributed by atoms with Gasteiger partial charge in [0.1, 0.15) is 23.8 Å². The van der Waals surface area contributed by atoms with Gasteiger partial charge in [0.2, 0.25) is 0 Å². The summed E-state index contributed by atoms with van der Waals surface area (Å²) < 4.78 is 69.6. The van der Waals surface area contributed by atoms with Crippen LogP contribution in [-0.4, -0.2) is 71.3 Å². The van der Waals surface area contributed by atoms with Crippen molar-refractivity contribution < 1.29 is 36.9 Å². The largest absolute Gasteiger partial charge is 0.477 e. The average molecular weight is 557 g/mol. The molecule has 3 heterocycles. The monoisotopic (exact) mass is 556 g/mol. The van der Waals surface area contributed by atoms with Gasteiger partial charge in [-0.25, -0.2) is 22.5 Å². The summed E-state index contributed by atoms with van der Waals surface area (Å²) in [6.45, 7) is -1.49. The van der Waals surface area contributed by atoms with Crippen LogP contribution in [0.4, 0.5) is 17.6 Å². The van der Waals surface area contributed by atoms with Crippen LogP contribution in [0.5, 0.6) is 11.5 Å². The Morgan fingerprint density at radius 2 is 1.93 bits per heavy atom. The van der Waals surface area contributed by atoms with Crippen molar-refractivity contribution in [2.24, 2.45) is 4.99 Å². The minimum absolute atomic E-state index is 0.0415. The molecular formula is C28H24F4N4O4. The van der Waals surface area contributed by atoms with E-state index in [1.165, 1.54) is 35.5 Å². The average Bonchev–Trinajstić information content (AvgIpc) is 3.36. The minimum atomic E-state index is -1.99. The Balaban J connectivity index is 1.47. The summed E-state index contributed by atoms with van der Waals surface area (Å²) >= 11 is 0. The zero-order chi connectivity index (χ0) is 28.6. The van der Waals surface area contributed by atoms with Gasteiger partial charge < -0.3 is 24.5 Å². The smallest absolute Gasteiger partial charge is 0.253 e. The third-order valence-electron chi connectivity index (χ3n) is 6.34. The number of hydrogen-bond donors (Lipinski definition) is 2. The molecule has 0 saturated heterocycles. The van der Waals surface area contributed by atoms with Crippen molar-refractivity contribution in [3.63, 3.8) is 0 Å². The van der Waals surface area contributed by atoms with Crippen LogP contribution in [-0.2, 0) is 11.2 Å². The molecule has 0 saturated carbocycles. The molecule has 2 N–H and O–H groups in total. The second kappa shape index (κ2) is 10.6. The fourth-order valence-electron chi connectivity index (χ4n) is 4.30. The van der Waals surface area contributed by atoms with E-state index in [1.54, 1.807) is 14.1 Å². The highest BCUT2D eigenvalue weighted by atomic mass is 19.1. The third-order valence-corrected chi connectivity index (χ3v) is 6.34. The maximum atomic E-state index is 15.1. The Kier molecular flexibility index (Phi) is 7.19. The van der Waals surface area contributed by atoms with Crippen LogP contribution in [0.25, 0.3) is 22.2 Å². The molecule has 1 amide bonds. The summed E-state index contributed by atoms with van der Waals surface area (Å²) in [4.78, 5) is 24.8. The maximum absolute atomic E-state index is 15.1. The first kappa shape index (κ1) is 27.1. The Morgan fingerprint density at radius 1 is 1.18 bits per heavy atom. The van der Waals surface area contributed by atoms with E-state index in [2.05, 4.69) is 15.0 Å². The van der Waals surface area contributed by atoms with E-state index in [1.807, 2.05) is 0 Å². The number of aromatic nitrogens is 2. The van der Waals surface area contributed by atoms with Gasteiger partial charge in [-0.1, -0.05) is 0 Å². The molecule has 4 aromatic rings. The molecule has 1 unspecified atom stereocenters. The molecule has 5 rings (SSSR count). The molecule has 0 bridgehead atoms. The SMILES string of the molecule is CN(C)C(=O)c1cc(F)cc(-c2c[nH]c3nccc(Oc4c(F)cc(CC5=NCC(F)(CO)CO5)cc4F)c23)c1. The number of benzene rings is 2. The number of ether oxygens (including phenoxy) is 2. The lowest BCUT2D eigenvalue weighted by molar-refractivity contribution is 0.0171. The molecule has 1 aliphatic rings. The van der Waals surface area contributed by atoms with Gasteiger partial charge in [0.15, 0.2) is 29.0 Å². The molecule has 12 heteroatoms. The fourth-order valence-corrected chi connectivity index (χ4v) is 4.30. The number of alkyl halides is 1. The molecule has 40 heavy (non-hydrogen) atoms. The number of aliphatic hydroxyl groups is 1. The molecule has 2 aromatic heterocycles. The number of pyridine rings is 1. The molecule has 1 atom stereocenters. The lowest BCUT2D eigenvalue weighted by atomic mass is 10.0. The number of nitrogens with one attached hydrogen (secondary N) is 1. The van der Waals surface area contributed by atoms with Gasteiger partial charge in [-0.05, 0) is 47.5 Å². The van der Waals surface area contributed by atoms with E-state index in [4.69, 9.17) is 14.6 Å². The molecular weight excluding hydrogens is 532 g/mol. The van der Waals surface area contributed by atoms with Gasteiger partial charge in [-0.3, -0.25) is 9.79 Å². The number of carbonyl (C=O) groups excluding carboxylic acids is 1. The van der Waals surface area contributed by atoms with Crippen molar-refractivity contribution >= 4 is 22.8 Å². The van der Waals surface area contributed by atoms with Crippen LogP contribution in [0.15, 0.2) is 53.8 Å². The number of halogens is 4. The van der Waals surface area contributed by atoms with E-state index in [0.717, 1.165) is 18.2 Å². The number of aromatic amines is 1. The van der Waals surface area contributed by atoms with Crippen molar-refractivity contribution in [3.05, 3.63) is 77.4 Å². The van der Waals surface area contributed by atoms with Gasteiger partial charge in [-0.15, -0.1) is 0 Å². The Bertz CT molecular complexity index is 1620. The van der Waals surface area contributed by atoms with E-state index in [0.29, 0.717) is 22.2 Å². The first-order chi connectivity index (χ1) is 19.1. The summed E-state index contributed by atoms with van der Waals surface area (Å²) in [5.74, 6) is -3.61. The standard InChI is InChI=1S/C28H24F4N4O4/c1-36(2)27(38)17-8-16(9-18(29)10-17)19-11-34-26-24(19)22(3-4-33-26)40-25-20(30)5-15(6-21(25)31)7-23-35-12-28(32,13-37)14-39-23/h3-6,8-11,37H,7,12-14H2,1-2H3,(H,33,34). The van der Waals surface area contributed by atoms with Gasteiger partial charge in [-0.2, -0.15) is 0 Å². The molecule has 208 valence electrons. The summed E-state index contributed by atoms with van der Waals surface area (Å²) in [7, 11) is 3.09. The predicted molar refractivity (Wildman–Crippen MR) is 139 cm³/mol. The van der Waals surface area contributed by atoms with E-state index >= 15 is 8.78 Å². The van der Waals surface area contributed by atoms with E-state index in [-0.39, 0.29) is 35.7 Å². The first-order valence-corrected chi connectivity index (χ1v) is 12.2. The summed E-state index contributed by atoms with van der Waals surface area (Å²) in [5, 5.41) is 9.40. The van der Waals surface area contributed by atoms with Crippen LogP contribution >= 0.6 is 0 Å². The fraction of sp³-hybridized carbons (Fsp3) is 0.250. The number of aliphatic imine (C=N–C) groups is 1. The second-order valence-electron chi connectivity index (χ2n) is 9.64. The number of nitrogens with zero attached hydrogens (tertiary/aromatic N) is 3. The second-order valence-corrected chi connectivity index (χ2v) is 9.64. The normalized spacial score (nSPS) is 16.9. The number of H-pyrrole nitrogens is 1. The van der Waals surface area contributed by atoms with Crippen molar-refractivity contribution in [1.29, 1.82) is 0 Å². The number of hydrogen-bond acceptors (Lipinski definition) is 6. The molecule has 0 spiro atoms. The summed E-state index contributed by atoms with van der Waals surface area (Å²) in [5.41, 5.74) is -0.641. The quantitative estimate of drug-likeness (QED) is 0.318. The van der Waals surface area contributed by atoms with Crippen molar-refractivity contribution in [2.45, 2.75) is 12.1 Å². The number of carbonyl (C=O) groups is 1. The maximum Gasteiger partial charge on any atom is 0.253 e. The number of amides is 1. The molecule has 0 aliphatic carbocycles. The Hall–Kier alpha value is -4.45. The Morgan fingerprint density at radius 3 is 2.58 bits per heavy atom. The Labute approximate surface area is 225 Å². The molecule has 1 aliphatic heterocycles. The van der Waals surface area contributed by atoms with Gasteiger partial charge in [0, 0.05) is 44.0 Å². The summed E-state index contributed by atoms with van der Waals surface area (Å²) in [6, 6.07) is 7.36. The number of rotatable bonds is 7. The topological polar surface area (TPSA) is 100 Å². The number of fused-ring (bicyclic) bond motifs is 1. The van der Waals surface area contributed by atoms with Crippen LogP contribution < -0.4 is 4.74 Å².